The number of halogens is 1. The van der Waals surface area contributed by atoms with Crippen molar-refractivity contribution in [2.75, 3.05) is 5.73 Å². The number of anilines is 1. The average Bonchev–Trinajstić information content (AvgIpc) is 2.42. The van der Waals surface area contributed by atoms with Crippen molar-refractivity contribution in [3.05, 3.63) is 26.6 Å². The van der Waals surface area contributed by atoms with Gasteiger partial charge < -0.3 is 5.73 Å². The van der Waals surface area contributed by atoms with Gasteiger partial charge in [0.05, 0.1) is 5.69 Å². The molecule has 2 rings (SSSR count). The minimum atomic E-state index is 0.906. The molecule has 3 heteroatoms. The summed E-state index contributed by atoms with van der Waals surface area (Å²) in [5.41, 5.74) is 8.07. The molecule has 0 fully saturated rings. The van der Waals surface area contributed by atoms with E-state index in [1.54, 1.807) is 11.3 Å². The van der Waals surface area contributed by atoms with E-state index in [4.69, 9.17) is 5.73 Å². The number of rotatable bonds is 0. The summed E-state index contributed by atoms with van der Waals surface area (Å²) in [5.74, 6) is 0. The molecule has 0 saturated heterocycles. The summed E-state index contributed by atoms with van der Waals surface area (Å²) in [7, 11) is 0. The highest BCUT2D eigenvalue weighted by atomic mass is 127. The minimum Gasteiger partial charge on any atom is -0.398 e. The highest BCUT2D eigenvalue weighted by Crippen LogP contribution is 2.33. The Morgan fingerprint density at radius 1 is 1.42 bits per heavy atom. The van der Waals surface area contributed by atoms with Crippen LogP contribution < -0.4 is 5.73 Å². The van der Waals surface area contributed by atoms with E-state index in [-0.39, 0.29) is 0 Å². The summed E-state index contributed by atoms with van der Waals surface area (Å²) in [6.45, 7) is 2.12. The topological polar surface area (TPSA) is 26.0 Å². The van der Waals surface area contributed by atoms with Crippen molar-refractivity contribution in [3.63, 3.8) is 0 Å². The minimum absolute atomic E-state index is 0.906. The van der Waals surface area contributed by atoms with Gasteiger partial charge in [0.1, 0.15) is 0 Å². The highest BCUT2D eigenvalue weighted by Gasteiger charge is 2.06. The van der Waals surface area contributed by atoms with Crippen LogP contribution in [0.5, 0.6) is 0 Å². The fraction of sp³-hybridized carbons (Fsp3) is 0.111. The van der Waals surface area contributed by atoms with Gasteiger partial charge in [-0.05, 0) is 41.1 Å². The molecule has 0 amide bonds. The number of thiophene rings is 1. The van der Waals surface area contributed by atoms with Gasteiger partial charge >= 0.3 is 0 Å². The van der Waals surface area contributed by atoms with Crippen molar-refractivity contribution in [1.82, 2.24) is 0 Å². The largest absolute Gasteiger partial charge is 0.398 e. The lowest BCUT2D eigenvalue weighted by Gasteiger charge is -1.98. The fourth-order valence-electron chi connectivity index (χ4n) is 1.26. The third-order valence-electron chi connectivity index (χ3n) is 1.90. The molecule has 12 heavy (non-hydrogen) atoms. The van der Waals surface area contributed by atoms with Crippen molar-refractivity contribution in [2.24, 2.45) is 0 Å². The zero-order chi connectivity index (χ0) is 8.72. The van der Waals surface area contributed by atoms with Gasteiger partial charge in [-0.1, -0.05) is 6.07 Å². The van der Waals surface area contributed by atoms with Gasteiger partial charge in [-0.2, -0.15) is 0 Å². The van der Waals surface area contributed by atoms with Gasteiger partial charge in [0.25, 0.3) is 0 Å². The Morgan fingerprint density at radius 3 is 2.83 bits per heavy atom. The molecule has 62 valence electrons. The van der Waals surface area contributed by atoms with Gasteiger partial charge in [-0.3, -0.25) is 0 Å². The van der Waals surface area contributed by atoms with Gasteiger partial charge in [0, 0.05) is 19.0 Å². The summed E-state index contributed by atoms with van der Waals surface area (Å²) in [6, 6.07) is 4.25. The Morgan fingerprint density at radius 2 is 2.17 bits per heavy atom. The normalized spacial score (nSPS) is 10.8. The first-order valence-electron chi connectivity index (χ1n) is 3.62. The third kappa shape index (κ3) is 1.11. The van der Waals surface area contributed by atoms with E-state index in [1.165, 1.54) is 19.2 Å². The van der Waals surface area contributed by atoms with Crippen LogP contribution in [0.1, 0.15) is 5.56 Å². The number of fused-ring (bicyclic) bond motifs is 1. The quantitative estimate of drug-likeness (QED) is 0.739. The van der Waals surface area contributed by atoms with E-state index in [1.807, 2.05) is 5.38 Å². The second-order valence-corrected chi connectivity index (χ2v) is 4.80. The van der Waals surface area contributed by atoms with Crippen LogP contribution in [0.4, 0.5) is 5.69 Å². The van der Waals surface area contributed by atoms with Crippen LogP contribution in [0, 0.1) is 10.5 Å². The van der Waals surface area contributed by atoms with Crippen LogP contribution in [0.2, 0.25) is 0 Å². The Bertz CT molecular complexity index is 433. The SMILES string of the molecule is Cc1ccc(I)c2c(N)csc12. The number of hydrogen-bond acceptors (Lipinski definition) is 2. The van der Waals surface area contributed by atoms with Crippen LogP contribution in [0.15, 0.2) is 17.5 Å². The molecule has 0 atom stereocenters. The maximum absolute atomic E-state index is 5.85. The lowest BCUT2D eigenvalue weighted by Crippen LogP contribution is -1.84. The second kappa shape index (κ2) is 2.88. The Hall–Kier alpha value is -0.290. The van der Waals surface area contributed by atoms with E-state index >= 15 is 0 Å². The molecule has 0 aliphatic rings. The molecule has 0 radical (unpaired) electrons. The molecule has 0 aliphatic carbocycles. The van der Waals surface area contributed by atoms with Crippen LogP contribution in [0.25, 0.3) is 10.1 Å². The molecule has 1 aromatic carbocycles. The average molecular weight is 289 g/mol. The first kappa shape index (κ1) is 8.31. The van der Waals surface area contributed by atoms with Crippen molar-refractivity contribution in [2.45, 2.75) is 6.92 Å². The number of nitrogens with two attached hydrogens (primary N) is 1. The molecule has 0 aliphatic heterocycles. The molecular weight excluding hydrogens is 281 g/mol. The van der Waals surface area contributed by atoms with Crippen molar-refractivity contribution in [3.8, 4) is 0 Å². The molecule has 0 unspecified atom stereocenters. The summed E-state index contributed by atoms with van der Waals surface area (Å²) >= 11 is 4.05. The Kier molecular flexibility index (Phi) is 2.00. The van der Waals surface area contributed by atoms with Crippen molar-refractivity contribution < 1.29 is 0 Å². The molecule has 0 bridgehead atoms. The molecule has 2 aromatic rings. The van der Waals surface area contributed by atoms with E-state index < -0.39 is 0 Å². The number of aryl methyl sites for hydroxylation is 1. The molecule has 1 nitrogen and oxygen atoms in total. The second-order valence-electron chi connectivity index (χ2n) is 2.76. The molecule has 1 aromatic heterocycles. The first-order chi connectivity index (χ1) is 5.70. The summed E-state index contributed by atoms with van der Waals surface area (Å²) in [6.07, 6.45) is 0. The van der Waals surface area contributed by atoms with Gasteiger partial charge in [-0.25, -0.2) is 0 Å². The van der Waals surface area contributed by atoms with Crippen molar-refractivity contribution >= 4 is 49.7 Å². The highest BCUT2D eigenvalue weighted by molar-refractivity contribution is 14.1. The number of hydrogen-bond donors (Lipinski definition) is 1. The third-order valence-corrected chi connectivity index (χ3v) is 3.93. The number of benzene rings is 1. The van der Waals surface area contributed by atoms with Gasteiger partial charge in [0.2, 0.25) is 0 Å². The molecule has 1 heterocycles. The predicted octanol–water partition coefficient (Wildman–Crippen LogP) is 3.40. The lowest BCUT2D eigenvalue weighted by atomic mass is 10.2. The van der Waals surface area contributed by atoms with E-state index in [0.29, 0.717) is 0 Å². The zero-order valence-electron chi connectivity index (χ0n) is 6.60. The van der Waals surface area contributed by atoms with E-state index in [0.717, 1.165) is 5.69 Å². The summed E-state index contributed by atoms with van der Waals surface area (Å²) < 4.78 is 2.56. The van der Waals surface area contributed by atoms with Gasteiger partial charge in [-0.15, -0.1) is 11.3 Å². The molecular formula is C9H8INS. The van der Waals surface area contributed by atoms with Crippen LogP contribution in [-0.2, 0) is 0 Å². The zero-order valence-corrected chi connectivity index (χ0v) is 9.57. The maximum Gasteiger partial charge on any atom is 0.0513 e. The first-order valence-corrected chi connectivity index (χ1v) is 5.58. The maximum atomic E-state index is 5.85. The van der Waals surface area contributed by atoms with Crippen LogP contribution in [0.3, 0.4) is 0 Å². The molecule has 0 saturated carbocycles. The fourth-order valence-corrected chi connectivity index (χ4v) is 3.17. The lowest BCUT2D eigenvalue weighted by molar-refractivity contribution is 1.55. The van der Waals surface area contributed by atoms with Crippen LogP contribution >= 0.6 is 33.9 Å². The summed E-state index contributed by atoms with van der Waals surface area (Å²) in [4.78, 5) is 0. The van der Waals surface area contributed by atoms with E-state index in [2.05, 4.69) is 41.6 Å². The van der Waals surface area contributed by atoms with Crippen molar-refractivity contribution in [1.29, 1.82) is 0 Å². The Labute approximate surface area is 88.7 Å². The summed E-state index contributed by atoms with van der Waals surface area (Å²) in [5, 5.41) is 3.24. The van der Waals surface area contributed by atoms with Crippen LogP contribution in [-0.4, -0.2) is 0 Å². The number of nitrogen functional groups attached to an aromatic ring is 1. The van der Waals surface area contributed by atoms with E-state index in [9.17, 15) is 0 Å². The monoisotopic (exact) mass is 289 g/mol. The van der Waals surface area contributed by atoms with Gasteiger partial charge in [0.15, 0.2) is 0 Å². The Balaban J connectivity index is 2.98. The molecule has 2 N–H and O–H groups in total. The predicted molar refractivity (Wildman–Crippen MR) is 63.7 cm³/mol. The smallest absolute Gasteiger partial charge is 0.0513 e. The standard InChI is InChI=1S/C9H8INS/c1-5-2-3-6(10)8-7(11)4-12-9(5)8/h2-4H,11H2,1H3. The molecule has 0 spiro atoms.